The van der Waals surface area contributed by atoms with Crippen LogP contribution >= 0.6 is 0 Å². The first kappa shape index (κ1) is 19.1. The van der Waals surface area contributed by atoms with Crippen LogP contribution in [0.2, 0.25) is 0 Å². The first-order valence-electron chi connectivity index (χ1n) is 9.66. The fourth-order valence-corrected chi connectivity index (χ4v) is 3.24. The van der Waals surface area contributed by atoms with E-state index < -0.39 is 0 Å². The highest BCUT2D eigenvalue weighted by atomic mass is 16.5. The molecule has 1 aliphatic heterocycles. The Hall–Kier alpha value is -3.20. The lowest BCUT2D eigenvalue weighted by Crippen LogP contribution is -2.36. The molecule has 3 aromatic rings. The van der Waals surface area contributed by atoms with Crippen molar-refractivity contribution in [1.82, 2.24) is 29.6 Å². The number of likely N-dealkylation sites (tertiary alicyclic amines) is 1. The molecule has 1 fully saturated rings. The molecule has 9 heteroatoms. The summed E-state index contributed by atoms with van der Waals surface area (Å²) in [5, 5.41) is 7.72. The molecule has 0 unspecified atom stereocenters. The SMILES string of the molecule is CNc1cc(C)nc(N(C)c2ccc(OC)c(-n3cnc(CN4CCC4)n3)c2)n1. The third kappa shape index (κ3) is 4.00. The van der Waals surface area contributed by atoms with Crippen molar-refractivity contribution in [2.75, 3.05) is 44.5 Å². The Morgan fingerprint density at radius 1 is 1.21 bits per heavy atom. The first-order valence-corrected chi connectivity index (χ1v) is 9.66. The normalized spacial score (nSPS) is 13.8. The lowest BCUT2D eigenvalue weighted by atomic mass is 10.2. The second-order valence-electron chi connectivity index (χ2n) is 7.09. The van der Waals surface area contributed by atoms with Gasteiger partial charge >= 0.3 is 0 Å². The van der Waals surface area contributed by atoms with E-state index in [0.29, 0.717) is 5.95 Å². The summed E-state index contributed by atoms with van der Waals surface area (Å²) < 4.78 is 7.33. The van der Waals surface area contributed by atoms with Gasteiger partial charge in [0, 0.05) is 31.5 Å². The zero-order valence-corrected chi connectivity index (χ0v) is 17.3. The lowest BCUT2D eigenvalue weighted by molar-refractivity contribution is 0.168. The number of aryl methyl sites for hydroxylation is 1. The van der Waals surface area contributed by atoms with E-state index in [9.17, 15) is 0 Å². The minimum Gasteiger partial charge on any atom is -0.494 e. The van der Waals surface area contributed by atoms with E-state index in [4.69, 9.17) is 4.74 Å². The van der Waals surface area contributed by atoms with Gasteiger partial charge < -0.3 is 15.0 Å². The van der Waals surface area contributed by atoms with Crippen molar-refractivity contribution in [1.29, 1.82) is 0 Å². The van der Waals surface area contributed by atoms with Crippen LogP contribution in [0, 0.1) is 6.92 Å². The van der Waals surface area contributed by atoms with Crippen LogP contribution in [0.4, 0.5) is 17.5 Å². The second-order valence-corrected chi connectivity index (χ2v) is 7.09. The van der Waals surface area contributed by atoms with Crippen molar-refractivity contribution in [2.45, 2.75) is 19.9 Å². The summed E-state index contributed by atoms with van der Waals surface area (Å²) in [6.45, 7) is 4.96. The van der Waals surface area contributed by atoms with Crippen LogP contribution in [0.5, 0.6) is 5.75 Å². The standard InChI is InChI=1S/C20H26N8O/c1-14-10-18(21-2)24-20(23-14)26(3)15-6-7-17(29-4)16(11-15)28-13-22-19(25-28)12-27-8-5-9-27/h6-7,10-11,13H,5,8-9,12H2,1-4H3,(H,21,23,24). The number of methoxy groups -OCH3 is 1. The zero-order chi connectivity index (χ0) is 20.4. The van der Waals surface area contributed by atoms with Crippen molar-refractivity contribution in [3.05, 3.63) is 42.1 Å². The zero-order valence-electron chi connectivity index (χ0n) is 17.3. The van der Waals surface area contributed by atoms with Crippen molar-refractivity contribution >= 4 is 17.5 Å². The largest absolute Gasteiger partial charge is 0.494 e. The van der Waals surface area contributed by atoms with Gasteiger partial charge in [-0.3, -0.25) is 4.90 Å². The van der Waals surface area contributed by atoms with E-state index in [-0.39, 0.29) is 0 Å². The van der Waals surface area contributed by atoms with Gasteiger partial charge in [0.1, 0.15) is 23.6 Å². The molecule has 1 N–H and O–H groups in total. The average molecular weight is 394 g/mol. The van der Waals surface area contributed by atoms with Gasteiger partial charge in [0.25, 0.3) is 0 Å². The van der Waals surface area contributed by atoms with Crippen molar-refractivity contribution in [3.63, 3.8) is 0 Å². The molecule has 1 aliphatic rings. The van der Waals surface area contributed by atoms with E-state index in [2.05, 4.69) is 30.3 Å². The average Bonchev–Trinajstić information content (AvgIpc) is 3.17. The number of hydrogen-bond donors (Lipinski definition) is 1. The summed E-state index contributed by atoms with van der Waals surface area (Å²) >= 11 is 0. The fourth-order valence-electron chi connectivity index (χ4n) is 3.24. The maximum Gasteiger partial charge on any atom is 0.231 e. The van der Waals surface area contributed by atoms with Crippen LogP contribution in [-0.2, 0) is 6.54 Å². The van der Waals surface area contributed by atoms with E-state index in [1.165, 1.54) is 6.42 Å². The van der Waals surface area contributed by atoms with Gasteiger partial charge in [-0.25, -0.2) is 14.6 Å². The minimum absolute atomic E-state index is 0.613. The molecular formula is C20H26N8O. The Bertz CT molecular complexity index is 998. The molecule has 0 amide bonds. The quantitative estimate of drug-likeness (QED) is 0.654. The van der Waals surface area contributed by atoms with Crippen LogP contribution in [0.1, 0.15) is 17.9 Å². The molecule has 152 valence electrons. The van der Waals surface area contributed by atoms with Gasteiger partial charge in [0.2, 0.25) is 5.95 Å². The van der Waals surface area contributed by atoms with Crippen LogP contribution in [-0.4, -0.2) is 63.9 Å². The highest BCUT2D eigenvalue weighted by Crippen LogP contribution is 2.30. The number of rotatable bonds is 7. The monoisotopic (exact) mass is 394 g/mol. The summed E-state index contributed by atoms with van der Waals surface area (Å²) in [7, 11) is 5.44. The number of ether oxygens (including phenoxy) is 1. The Labute approximate surface area is 170 Å². The second kappa shape index (κ2) is 8.04. The molecule has 29 heavy (non-hydrogen) atoms. The van der Waals surface area contributed by atoms with E-state index >= 15 is 0 Å². The van der Waals surface area contributed by atoms with Crippen LogP contribution in [0.15, 0.2) is 30.6 Å². The summed E-state index contributed by atoms with van der Waals surface area (Å²) in [6.07, 6.45) is 2.98. The Kier molecular flexibility index (Phi) is 5.30. The van der Waals surface area contributed by atoms with Crippen LogP contribution in [0.3, 0.4) is 0 Å². The molecule has 0 saturated carbocycles. The van der Waals surface area contributed by atoms with Crippen molar-refractivity contribution in [2.24, 2.45) is 0 Å². The summed E-state index contributed by atoms with van der Waals surface area (Å²) in [4.78, 5) is 17.9. The third-order valence-corrected chi connectivity index (χ3v) is 5.05. The highest BCUT2D eigenvalue weighted by molar-refractivity contribution is 5.64. The third-order valence-electron chi connectivity index (χ3n) is 5.05. The maximum absolute atomic E-state index is 5.56. The molecule has 0 aliphatic carbocycles. The lowest BCUT2D eigenvalue weighted by Gasteiger charge is -2.29. The molecule has 4 rings (SSSR count). The predicted molar refractivity (Wildman–Crippen MR) is 112 cm³/mol. The van der Waals surface area contributed by atoms with Gasteiger partial charge in [0.15, 0.2) is 5.82 Å². The number of anilines is 3. The van der Waals surface area contributed by atoms with Crippen LogP contribution < -0.4 is 15.0 Å². The van der Waals surface area contributed by atoms with Gasteiger partial charge in [-0.2, -0.15) is 4.98 Å². The Morgan fingerprint density at radius 2 is 2.03 bits per heavy atom. The maximum atomic E-state index is 5.56. The van der Waals surface area contributed by atoms with Gasteiger partial charge in [-0.05, 0) is 44.6 Å². The number of nitrogens with zero attached hydrogens (tertiary/aromatic N) is 7. The summed E-state index contributed by atoms with van der Waals surface area (Å²) in [6, 6.07) is 7.81. The predicted octanol–water partition coefficient (Wildman–Crippen LogP) is 2.39. The van der Waals surface area contributed by atoms with E-state index in [1.807, 2.05) is 50.2 Å². The number of benzene rings is 1. The molecule has 9 nitrogen and oxygen atoms in total. The van der Waals surface area contributed by atoms with Crippen molar-refractivity contribution in [3.8, 4) is 11.4 Å². The fraction of sp³-hybridized carbons (Fsp3) is 0.400. The first-order chi connectivity index (χ1) is 14.1. The molecule has 1 saturated heterocycles. The Morgan fingerprint density at radius 3 is 2.72 bits per heavy atom. The molecule has 3 heterocycles. The van der Waals surface area contributed by atoms with Crippen molar-refractivity contribution < 1.29 is 4.74 Å². The van der Waals surface area contributed by atoms with E-state index in [1.54, 1.807) is 18.1 Å². The topological polar surface area (TPSA) is 84.2 Å². The number of aromatic nitrogens is 5. The van der Waals surface area contributed by atoms with Gasteiger partial charge in [0.05, 0.1) is 13.7 Å². The van der Waals surface area contributed by atoms with Gasteiger partial charge in [-0.15, -0.1) is 5.10 Å². The summed E-state index contributed by atoms with van der Waals surface area (Å²) in [5.74, 6) is 2.93. The Balaban J connectivity index is 1.65. The molecule has 2 aromatic heterocycles. The molecular weight excluding hydrogens is 368 g/mol. The molecule has 0 bridgehead atoms. The molecule has 0 spiro atoms. The number of hydrogen-bond acceptors (Lipinski definition) is 8. The van der Waals surface area contributed by atoms with Crippen LogP contribution in [0.25, 0.3) is 5.69 Å². The minimum atomic E-state index is 0.613. The van der Waals surface area contributed by atoms with Gasteiger partial charge in [-0.1, -0.05) is 0 Å². The smallest absolute Gasteiger partial charge is 0.231 e. The molecule has 1 aromatic carbocycles. The molecule has 0 radical (unpaired) electrons. The van der Waals surface area contributed by atoms with E-state index in [0.717, 1.165) is 54.1 Å². The molecule has 0 atom stereocenters. The summed E-state index contributed by atoms with van der Waals surface area (Å²) in [5.41, 5.74) is 2.64. The number of nitrogens with one attached hydrogen (secondary N) is 1. The highest BCUT2D eigenvalue weighted by Gasteiger charge is 2.18.